The van der Waals surface area contributed by atoms with Crippen LogP contribution in [-0.2, 0) is 17.8 Å². The van der Waals surface area contributed by atoms with Crippen molar-refractivity contribution in [2.45, 2.75) is 13.0 Å². The van der Waals surface area contributed by atoms with Gasteiger partial charge in [0, 0.05) is 24.7 Å². The zero-order valence-corrected chi connectivity index (χ0v) is 13.4. The van der Waals surface area contributed by atoms with Gasteiger partial charge in [0.1, 0.15) is 0 Å². The third kappa shape index (κ3) is 3.78. The molecule has 0 fully saturated rings. The van der Waals surface area contributed by atoms with Crippen LogP contribution in [0.5, 0.6) is 0 Å². The molecule has 0 spiro atoms. The summed E-state index contributed by atoms with van der Waals surface area (Å²) in [4.78, 5) is 18.8. The van der Waals surface area contributed by atoms with Crippen molar-refractivity contribution in [2.75, 3.05) is 13.2 Å². The average molecular weight is 320 g/mol. The summed E-state index contributed by atoms with van der Waals surface area (Å²) in [5, 5.41) is 10.3. The number of pyridine rings is 1. The molecule has 2 aromatic carbocycles. The van der Waals surface area contributed by atoms with E-state index in [1.165, 1.54) is 0 Å². The first-order valence-electron chi connectivity index (χ1n) is 8.03. The van der Waals surface area contributed by atoms with Crippen LogP contribution in [-0.4, -0.2) is 34.0 Å². The number of para-hydroxylation sites is 1. The molecule has 0 radical (unpaired) electrons. The topological polar surface area (TPSA) is 53.4 Å². The van der Waals surface area contributed by atoms with E-state index in [2.05, 4.69) is 4.98 Å². The summed E-state index contributed by atoms with van der Waals surface area (Å²) in [6.45, 7) is 0.775. The molecule has 0 unspecified atom stereocenters. The van der Waals surface area contributed by atoms with E-state index in [1.54, 1.807) is 11.1 Å². The van der Waals surface area contributed by atoms with Crippen LogP contribution < -0.4 is 0 Å². The highest BCUT2D eigenvalue weighted by atomic mass is 16.3. The number of hydrogen-bond donors (Lipinski definition) is 1. The Labute approximate surface area is 141 Å². The van der Waals surface area contributed by atoms with E-state index in [9.17, 15) is 9.90 Å². The second-order valence-corrected chi connectivity index (χ2v) is 5.69. The minimum absolute atomic E-state index is 0.00828. The SMILES string of the molecule is O=C(Cc1cccc2cccnc12)N(CCO)Cc1ccccc1. The minimum Gasteiger partial charge on any atom is -0.395 e. The number of aromatic nitrogens is 1. The van der Waals surface area contributed by atoms with Gasteiger partial charge in [0.2, 0.25) is 5.91 Å². The number of amides is 1. The Hall–Kier alpha value is -2.72. The fourth-order valence-electron chi connectivity index (χ4n) is 2.80. The van der Waals surface area contributed by atoms with E-state index in [0.717, 1.165) is 22.0 Å². The number of carbonyl (C=O) groups excluding carboxylic acids is 1. The lowest BCUT2D eigenvalue weighted by atomic mass is 10.1. The molecule has 1 amide bonds. The van der Waals surface area contributed by atoms with Crippen LogP contribution in [0.25, 0.3) is 10.9 Å². The molecule has 3 aromatic rings. The molecule has 24 heavy (non-hydrogen) atoms. The largest absolute Gasteiger partial charge is 0.395 e. The molecule has 122 valence electrons. The molecule has 1 heterocycles. The summed E-state index contributed by atoms with van der Waals surface area (Å²) in [7, 11) is 0. The zero-order valence-electron chi connectivity index (χ0n) is 13.4. The van der Waals surface area contributed by atoms with Crippen molar-refractivity contribution in [2.24, 2.45) is 0 Å². The predicted octanol–water partition coefficient (Wildman–Crippen LogP) is 2.80. The molecular formula is C20H20N2O2. The van der Waals surface area contributed by atoms with Gasteiger partial charge in [0.25, 0.3) is 0 Å². The predicted molar refractivity (Wildman–Crippen MR) is 94.4 cm³/mol. The number of rotatable bonds is 6. The van der Waals surface area contributed by atoms with Crippen LogP contribution in [0.4, 0.5) is 0 Å². The van der Waals surface area contributed by atoms with Crippen LogP contribution in [0.15, 0.2) is 66.9 Å². The second kappa shape index (κ2) is 7.70. The molecule has 3 rings (SSSR count). The molecule has 1 N–H and O–H groups in total. The summed E-state index contributed by atoms with van der Waals surface area (Å²) >= 11 is 0. The summed E-state index contributed by atoms with van der Waals surface area (Å²) in [5.41, 5.74) is 2.82. The Balaban J connectivity index is 1.80. The highest BCUT2D eigenvalue weighted by Gasteiger charge is 2.15. The van der Waals surface area contributed by atoms with Gasteiger partial charge in [0.15, 0.2) is 0 Å². The Morgan fingerprint density at radius 1 is 1.00 bits per heavy atom. The summed E-state index contributed by atoms with van der Waals surface area (Å²) < 4.78 is 0. The highest BCUT2D eigenvalue weighted by molar-refractivity contribution is 5.87. The quantitative estimate of drug-likeness (QED) is 0.760. The molecule has 0 aliphatic carbocycles. The van der Waals surface area contributed by atoms with Gasteiger partial charge in [-0.15, -0.1) is 0 Å². The lowest BCUT2D eigenvalue weighted by molar-refractivity contribution is -0.131. The first-order chi connectivity index (χ1) is 11.8. The summed E-state index contributed by atoms with van der Waals surface area (Å²) in [5.74, 6) is -0.00828. The molecule has 4 nitrogen and oxygen atoms in total. The van der Waals surface area contributed by atoms with Gasteiger partial charge in [-0.05, 0) is 17.2 Å². The van der Waals surface area contributed by atoms with Crippen molar-refractivity contribution in [3.8, 4) is 0 Å². The van der Waals surface area contributed by atoms with Crippen molar-refractivity contribution in [1.82, 2.24) is 9.88 Å². The van der Waals surface area contributed by atoms with E-state index in [-0.39, 0.29) is 18.9 Å². The van der Waals surface area contributed by atoms with Gasteiger partial charge in [0.05, 0.1) is 18.5 Å². The Bertz CT molecular complexity index is 813. The molecule has 4 heteroatoms. The van der Waals surface area contributed by atoms with Gasteiger partial charge in [-0.3, -0.25) is 9.78 Å². The lowest BCUT2D eigenvalue weighted by Gasteiger charge is -2.22. The Kier molecular flexibility index (Phi) is 5.18. The van der Waals surface area contributed by atoms with E-state index in [1.807, 2.05) is 60.7 Å². The van der Waals surface area contributed by atoms with Gasteiger partial charge in [-0.25, -0.2) is 0 Å². The van der Waals surface area contributed by atoms with E-state index >= 15 is 0 Å². The highest BCUT2D eigenvalue weighted by Crippen LogP contribution is 2.17. The van der Waals surface area contributed by atoms with Crippen LogP contribution in [0.3, 0.4) is 0 Å². The average Bonchev–Trinajstić information content (AvgIpc) is 2.62. The molecular weight excluding hydrogens is 300 g/mol. The first kappa shape index (κ1) is 16.1. The van der Waals surface area contributed by atoms with Crippen molar-refractivity contribution in [1.29, 1.82) is 0 Å². The third-order valence-electron chi connectivity index (χ3n) is 4.00. The van der Waals surface area contributed by atoms with Crippen molar-refractivity contribution < 1.29 is 9.90 Å². The maximum Gasteiger partial charge on any atom is 0.227 e. The maximum absolute atomic E-state index is 12.7. The van der Waals surface area contributed by atoms with Crippen LogP contribution in [0.2, 0.25) is 0 Å². The van der Waals surface area contributed by atoms with Crippen LogP contribution >= 0.6 is 0 Å². The fourth-order valence-corrected chi connectivity index (χ4v) is 2.80. The monoisotopic (exact) mass is 320 g/mol. The molecule has 0 saturated carbocycles. The standard InChI is InChI=1S/C20H20N2O2/c23-13-12-22(15-16-6-2-1-3-7-16)19(24)14-18-9-4-8-17-10-5-11-21-20(17)18/h1-11,23H,12-15H2. The maximum atomic E-state index is 12.7. The fraction of sp³-hybridized carbons (Fsp3) is 0.200. The number of carbonyl (C=O) groups is 1. The molecule has 0 atom stereocenters. The number of nitrogens with zero attached hydrogens (tertiary/aromatic N) is 2. The molecule has 0 aliphatic rings. The van der Waals surface area contributed by atoms with Gasteiger partial charge in [-0.2, -0.15) is 0 Å². The van der Waals surface area contributed by atoms with Crippen molar-refractivity contribution in [3.05, 3.63) is 78.0 Å². The number of fused-ring (bicyclic) bond motifs is 1. The molecule has 0 aliphatic heterocycles. The number of hydrogen-bond acceptors (Lipinski definition) is 3. The summed E-state index contributed by atoms with van der Waals surface area (Å²) in [6, 6.07) is 19.6. The summed E-state index contributed by atoms with van der Waals surface area (Å²) in [6.07, 6.45) is 2.02. The number of aliphatic hydroxyl groups is 1. The van der Waals surface area contributed by atoms with E-state index < -0.39 is 0 Å². The Morgan fingerprint density at radius 2 is 1.79 bits per heavy atom. The van der Waals surface area contributed by atoms with Gasteiger partial charge < -0.3 is 10.0 Å². The normalized spacial score (nSPS) is 10.7. The molecule has 0 bridgehead atoms. The minimum atomic E-state index is -0.0492. The third-order valence-corrected chi connectivity index (χ3v) is 4.00. The van der Waals surface area contributed by atoms with E-state index in [4.69, 9.17) is 0 Å². The molecule has 1 aromatic heterocycles. The van der Waals surface area contributed by atoms with Gasteiger partial charge in [-0.1, -0.05) is 54.6 Å². The smallest absolute Gasteiger partial charge is 0.227 e. The van der Waals surface area contributed by atoms with Crippen LogP contribution in [0, 0.1) is 0 Å². The van der Waals surface area contributed by atoms with Gasteiger partial charge >= 0.3 is 0 Å². The number of aliphatic hydroxyl groups excluding tert-OH is 1. The number of benzene rings is 2. The Morgan fingerprint density at radius 3 is 2.58 bits per heavy atom. The van der Waals surface area contributed by atoms with E-state index in [0.29, 0.717) is 13.1 Å². The molecule has 0 saturated heterocycles. The van der Waals surface area contributed by atoms with Crippen LogP contribution in [0.1, 0.15) is 11.1 Å². The first-order valence-corrected chi connectivity index (χ1v) is 8.03. The second-order valence-electron chi connectivity index (χ2n) is 5.69. The van der Waals surface area contributed by atoms with Crippen molar-refractivity contribution >= 4 is 16.8 Å². The zero-order chi connectivity index (χ0) is 16.8. The lowest BCUT2D eigenvalue weighted by Crippen LogP contribution is -2.34. The van der Waals surface area contributed by atoms with Crippen molar-refractivity contribution in [3.63, 3.8) is 0 Å².